The molecule has 1 fully saturated rings. The molecule has 0 spiro atoms. The van der Waals surface area contributed by atoms with E-state index in [1.54, 1.807) is 47.0 Å². The number of aromatic nitrogens is 3. The van der Waals surface area contributed by atoms with Crippen LogP contribution in [0, 0.1) is 5.92 Å². The van der Waals surface area contributed by atoms with Crippen molar-refractivity contribution in [1.29, 1.82) is 0 Å². The van der Waals surface area contributed by atoms with Crippen LogP contribution in [-0.4, -0.2) is 66.6 Å². The fraction of sp³-hybridized carbons (Fsp3) is 0.393. The van der Waals surface area contributed by atoms with E-state index in [1.165, 1.54) is 7.11 Å². The number of carbonyl (C=O) groups is 3. The molecular weight excluding hydrogens is 502 g/mol. The molecule has 11 nitrogen and oxygen atoms in total. The van der Waals surface area contributed by atoms with Gasteiger partial charge in [0.05, 0.1) is 51.8 Å². The van der Waals surface area contributed by atoms with Crippen molar-refractivity contribution in [1.82, 2.24) is 15.0 Å². The Hall–Kier alpha value is -4.25. The highest BCUT2D eigenvalue weighted by Crippen LogP contribution is 2.36. The molecule has 2 amide bonds. The number of methoxy groups -OCH3 is 2. The maximum Gasteiger partial charge on any atom is 0.229 e. The lowest BCUT2D eigenvalue weighted by atomic mass is 10.1. The Morgan fingerprint density at radius 2 is 1.87 bits per heavy atom. The van der Waals surface area contributed by atoms with E-state index in [0.717, 1.165) is 5.56 Å². The molecule has 1 atom stereocenters. The van der Waals surface area contributed by atoms with E-state index in [1.807, 2.05) is 25.3 Å². The van der Waals surface area contributed by atoms with Gasteiger partial charge in [0.1, 0.15) is 23.0 Å². The van der Waals surface area contributed by atoms with Crippen LogP contribution in [0.15, 0.2) is 48.7 Å². The van der Waals surface area contributed by atoms with Gasteiger partial charge >= 0.3 is 0 Å². The Bertz CT molecular complexity index is 1310. The summed E-state index contributed by atoms with van der Waals surface area (Å²) in [6.45, 7) is 3.46. The van der Waals surface area contributed by atoms with E-state index < -0.39 is 5.92 Å². The summed E-state index contributed by atoms with van der Waals surface area (Å²) < 4.78 is 17.9. The van der Waals surface area contributed by atoms with Gasteiger partial charge in [0.15, 0.2) is 0 Å². The lowest BCUT2D eigenvalue weighted by Gasteiger charge is -2.20. The summed E-state index contributed by atoms with van der Waals surface area (Å²) in [6, 6.07) is 12.5. The highest BCUT2D eigenvalue weighted by molar-refractivity contribution is 6.04. The zero-order valence-electron chi connectivity index (χ0n) is 22.4. The van der Waals surface area contributed by atoms with Crippen LogP contribution in [0.25, 0.3) is 11.3 Å². The Labute approximate surface area is 227 Å². The molecule has 39 heavy (non-hydrogen) atoms. The topological polar surface area (TPSA) is 125 Å². The number of nitrogens with zero attached hydrogens (tertiary/aromatic N) is 4. The van der Waals surface area contributed by atoms with Gasteiger partial charge in [0.2, 0.25) is 11.8 Å². The van der Waals surface area contributed by atoms with Crippen LogP contribution in [-0.2, 0) is 25.7 Å². The third-order valence-corrected chi connectivity index (χ3v) is 6.54. The number of carbonyl (C=O) groups excluding carboxylic acids is 3. The Kier molecular flexibility index (Phi) is 9.27. The zero-order valence-corrected chi connectivity index (χ0v) is 22.4. The minimum absolute atomic E-state index is 0.103. The summed E-state index contributed by atoms with van der Waals surface area (Å²) >= 11 is 0. The molecule has 1 aliphatic heterocycles. The fourth-order valence-corrected chi connectivity index (χ4v) is 4.26. The molecule has 1 unspecified atom stereocenters. The Morgan fingerprint density at radius 3 is 2.59 bits per heavy atom. The van der Waals surface area contributed by atoms with E-state index in [-0.39, 0.29) is 30.6 Å². The normalized spacial score (nSPS) is 14.9. The molecule has 11 heteroatoms. The predicted molar refractivity (Wildman–Crippen MR) is 145 cm³/mol. The first kappa shape index (κ1) is 27.8. The van der Waals surface area contributed by atoms with Gasteiger partial charge < -0.3 is 24.4 Å². The summed E-state index contributed by atoms with van der Waals surface area (Å²) in [5.41, 5.74) is 2.74. The van der Waals surface area contributed by atoms with Gasteiger partial charge in [0, 0.05) is 43.1 Å². The van der Waals surface area contributed by atoms with Crippen LogP contribution in [0.4, 0.5) is 11.4 Å². The van der Waals surface area contributed by atoms with E-state index in [2.05, 4.69) is 15.6 Å². The number of hydrogen-bond acceptors (Lipinski definition) is 8. The molecule has 0 bridgehead atoms. The minimum atomic E-state index is -0.504. The molecule has 206 valence electrons. The molecule has 2 heterocycles. The third kappa shape index (κ3) is 6.99. The zero-order chi connectivity index (χ0) is 27.8. The number of Topliss-reactive ketones (excluding diaryl/α,β-unsaturated/α-hetero) is 1. The second-order valence-corrected chi connectivity index (χ2v) is 9.13. The van der Waals surface area contributed by atoms with Crippen molar-refractivity contribution in [3.05, 3.63) is 48.7 Å². The number of anilines is 2. The van der Waals surface area contributed by atoms with E-state index in [0.29, 0.717) is 61.2 Å². The highest BCUT2D eigenvalue weighted by Gasteiger charge is 2.36. The minimum Gasteiger partial charge on any atom is -0.497 e. The van der Waals surface area contributed by atoms with Crippen molar-refractivity contribution in [2.75, 3.05) is 44.2 Å². The Morgan fingerprint density at radius 1 is 1.08 bits per heavy atom. The van der Waals surface area contributed by atoms with Crippen LogP contribution >= 0.6 is 0 Å². The van der Waals surface area contributed by atoms with Crippen LogP contribution in [0.1, 0.15) is 26.2 Å². The van der Waals surface area contributed by atoms with E-state index in [4.69, 9.17) is 14.2 Å². The quantitative estimate of drug-likeness (QED) is 0.331. The maximum atomic E-state index is 13.0. The predicted octanol–water partition coefficient (Wildman–Crippen LogP) is 3.34. The lowest BCUT2D eigenvalue weighted by molar-refractivity contribution is -0.122. The monoisotopic (exact) mass is 535 g/mol. The molecule has 1 aromatic heterocycles. The lowest BCUT2D eigenvalue weighted by Crippen LogP contribution is -2.28. The van der Waals surface area contributed by atoms with Crippen LogP contribution in [0.5, 0.6) is 11.5 Å². The largest absolute Gasteiger partial charge is 0.497 e. The van der Waals surface area contributed by atoms with Crippen LogP contribution in [0.2, 0.25) is 0 Å². The van der Waals surface area contributed by atoms with Crippen molar-refractivity contribution in [3.8, 4) is 22.8 Å². The molecule has 0 saturated carbocycles. The summed E-state index contributed by atoms with van der Waals surface area (Å²) in [4.78, 5) is 38.6. The summed E-state index contributed by atoms with van der Waals surface area (Å²) in [5, 5.41) is 11.2. The molecular formula is C28H33N5O6. The first-order valence-electron chi connectivity index (χ1n) is 12.8. The molecule has 0 aliphatic carbocycles. The Balaban J connectivity index is 1.31. The molecule has 1 saturated heterocycles. The van der Waals surface area contributed by atoms with Crippen molar-refractivity contribution in [3.63, 3.8) is 0 Å². The molecule has 3 aromatic rings. The van der Waals surface area contributed by atoms with Crippen molar-refractivity contribution in [2.45, 2.75) is 32.7 Å². The average Bonchev–Trinajstić information content (AvgIpc) is 3.59. The van der Waals surface area contributed by atoms with E-state index in [9.17, 15) is 14.4 Å². The van der Waals surface area contributed by atoms with Gasteiger partial charge in [-0.3, -0.25) is 14.4 Å². The first-order chi connectivity index (χ1) is 18.9. The molecule has 1 aliphatic rings. The second kappa shape index (κ2) is 13.0. The van der Waals surface area contributed by atoms with Gasteiger partial charge in [-0.1, -0.05) is 24.3 Å². The average molecular weight is 536 g/mol. The number of rotatable bonds is 13. The van der Waals surface area contributed by atoms with Crippen LogP contribution in [0.3, 0.4) is 0 Å². The second-order valence-electron chi connectivity index (χ2n) is 9.13. The first-order valence-corrected chi connectivity index (χ1v) is 12.8. The molecule has 2 aromatic carbocycles. The molecule has 4 rings (SSSR count). The standard InChI is InChI=1S/C28H33N5O6/c1-4-22(34)11-13-39-14-12-32-18-24(30-31-32)19-5-7-21(8-6-19)29-28(36)20-15-27(35)33(17-20)25-16-23(37-2)9-10-26(25)38-3/h5-10,16,18,20H,4,11-15,17H2,1-3H3,(H,29,36). The summed E-state index contributed by atoms with van der Waals surface area (Å²) in [7, 11) is 3.09. The van der Waals surface area contributed by atoms with Gasteiger partial charge in [0.25, 0.3) is 0 Å². The number of amides is 2. The number of benzene rings is 2. The fourth-order valence-electron chi connectivity index (χ4n) is 4.26. The molecule has 0 radical (unpaired) electrons. The van der Waals surface area contributed by atoms with Crippen molar-refractivity contribution < 1.29 is 28.6 Å². The highest BCUT2D eigenvalue weighted by atomic mass is 16.5. The van der Waals surface area contributed by atoms with Gasteiger partial charge in [-0.25, -0.2) is 4.68 Å². The number of nitrogens with one attached hydrogen (secondary N) is 1. The maximum absolute atomic E-state index is 13.0. The molecule has 1 N–H and O–H groups in total. The third-order valence-electron chi connectivity index (χ3n) is 6.54. The van der Waals surface area contributed by atoms with Gasteiger partial charge in [-0.15, -0.1) is 5.10 Å². The number of ether oxygens (including phenoxy) is 3. The summed E-state index contributed by atoms with van der Waals surface area (Å²) in [6.07, 6.45) is 2.87. The summed E-state index contributed by atoms with van der Waals surface area (Å²) in [5.74, 6) is 0.432. The van der Waals surface area contributed by atoms with Crippen LogP contribution < -0.4 is 19.7 Å². The SMILES string of the molecule is CCC(=O)CCOCCn1cc(-c2ccc(NC(=O)C3CC(=O)N(c4cc(OC)ccc4OC)C3)cc2)nn1. The van der Waals surface area contributed by atoms with Crippen molar-refractivity contribution in [2.24, 2.45) is 5.92 Å². The van der Waals surface area contributed by atoms with E-state index >= 15 is 0 Å². The van der Waals surface area contributed by atoms with Gasteiger partial charge in [-0.2, -0.15) is 0 Å². The number of hydrogen-bond donors (Lipinski definition) is 1. The van der Waals surface area contributed by atoms with Gasteiger partial charge in [-0.05, 0) is 24.3 Å². The van der Waals surface area contributed by atoms with Crippen molar-refractivity contribution >= 4 is 29.0 Å². The number of ketones is 1. The smallest absolute Gasteiger partial charge is 0.229 e.